The summed E-state index contributed by atoms with van der Waals surface area (Å²) in [6, 6.07) is 0. The summed E-state index contributed by atoms with van der Waals surface area (Å²) in [6.07, 6.45) is 7.30. The summed E-state index contributed by atoms with van der Waals surface area (Å²) in [5, 5.41) is 0. The van der Waals surface area contributed by atoms with Crippen LogP contribution in [0.2, 0.25) is 0 Å². The smallest absolute Gasteiger partial charge is 0.152 e. The molecule has 0 radical (unpaired) electrons. The monoisotopic (exact) mass is 178 g/mol. The third kappa shape index (κ3) is 3.17. The molecule has 0 spiro atoms. The molecule has 0 aliphatic heterocycles. The number of carbonyl (C=O) groups is 1. The second kappa shape index (κ2) is 4.40. The van der Waals surface area contributed by atoms with Crippen LogP contribution in [-0.4, -0.2) is 5.78 Å². The molecule has 72 valence electrons. The Balaban J connectivity index is 2.54. The van der Waals surface area contributed by atoms with Gasteiger partial charge in [0.2, 0.25) is 0 Å². The average Bonchev–Trinajstić information content (AvgIpc) is 2.07. The van der Waals surface area contributed by atoms with Crippen LogP contribution in [0.5, 0.6) is 0 Å². The number of hydrogen-bond acceptors (Lipinski definition) is 1. The molecule has 0 N–H and O–H groups in total. The van der Waals surface area contributed by atoms with Gasteiger partial charge in [0.05, 0.1) is 0 Å². The lowest BCUT2D eigenvalue weighted by atomic mass is 9.85. The Bertz CT molecular complexity index is 258. The van der Waals surface area contributed by atoms with Gasteiger partial charge in [-0.3, -0.25) is 4.79 Å². The number of rotatable bonds is 2. The lowest BCUT2D eigenvalue weighted by molar-refractivity contribution is -0.112. The highest BCUT2D eigenvalue weighted by molar-refractivity contribution is 5.87. The van der Waals surface area contributed by atoms with Crippen molar-refractivity contribution in [1.82, 2.24) is 0 Å². The van der Waals surface area contributed by atoms with Gasteiger partial charge in [-0.15, -0.1) is 0 Å². The van der Waals surface area contributed by atoms with Crippen LogP contribution in [-0.2, 0) is 4.79 Å². The summed E-state index contributed by atoms with van der Waals surface area (Å²) >= 11 is 0. The molecule has 0 saturated carbocycles. The normalized spacial score (nSPS) is 24.1. The Hall–Kier alpha value is -0.850. The van der Waals surface area contributed by atoms with E-state index in [0.29, 0.717) is 5.92 Å². The van der Waals surface area contributed by atoms with Crippen molar-refractivity contribution in [3.8, 4) is 0 Å². The van der Waals surface area contributed by atoms with Crippen LogP contribution in [0.4, 0.5) is 0 Å². The highest BCUT2D eigenvalue weighted by Crippen LogP contribution is 2.29. The molecule has 0 heterocycles. The van der Waals surface area contributed by atoms with Gasteiger partial charge in [-0.05, 0) is 52.0 Å². The van der Waals surface area contributed by atoms with Crippen LogP contribution in [0.15, 0.2) is 23.3 Å². The molecular formula is C12H18O. The SMILES string of the molecule is CC(=O)/C=C/C1CCC(C)=C(C)C1. The fraction of sp³-hybridized carbons (Fsp3) is 0.583. The molecular weight excluding hydrogens is 160 g/mol. The fourth-order valence-electron chi connectivity index (χ4n) is 1.72. The van der Waals surface area contributed by atoms with Crippen molar-refractivity contribution in [2.45, 2.75) is 40.0 Å². The number of ketones is 1. The van der Waals surface area contributed by atoms with Crippen molar-refractivity contribution in [3.05, 3.63) is 23.3 Å². The Morgan fingerprint density at radius 3 is 2.62 bits per heavy atom. The summed E-state index contributed by atoms with van der Waals surface area (Å²) in [6.45, 7) is 6.01. The van der Waals surface area contributed by atoms with Crippen molar-refractivity contribution in [2.75, 3.05) is 0 Å². The molecule has 1 rings (SSSR count). The topological polar surface area (TPSA) is 17.1 Å². The Morgan fingerprint density at radius 1 is 1.38 bits per heavy atom. The van der Waals surface area contributed by atoms with Crippen LogP contribution in [0.3, 0.4) is 0 Å². The van der Waals surface area contributed by atoms with E-state index in [0.717, 1.165) is 6.42 Å². The minimum atomic E-state index is 0.156. The molecule has 1 heteroatoms. The van der Waals surface area contributed by atoms with Crippen LogP contribution in [0, 0.1) is 5.92 Å². The van der Waals surface area contributed by atoms with Crippen molar-refractivity contribution < 1.29 is 4.79 Å². The molecule has 13 heavy (non-hydrogen) atoms. The van der Waals surface area contributed by atoms with Crippen molar-refractivity contribution in [3.63, 3.8) is 0 Å². The van der Waals surface area contributed by atoms with Gasteiger partial charge in [-0.25, -0.2) is 0 Å². The summed E-state index contributed by atoms with van der Waals surface area (Å²) in [5.74, 6) is 0.747. The first kappa shape index (κ1) is 10.2. The van der Waals surface area contributed by atoms with E-state index in [4.69, 9.17) is 0 Å². The van der Waals surface area contributed by atoms with Crippen LogP contribution < -0.4 is 0 Å². The van der Waals surface area contributed by atoms with Gasteiger partial charge in [0.1, 0.15) is 0 Å². The van der Waals surface area contributed by atoms with Crippen LogP contribution in [0.1, 0.15) is 40.0 Å². The first-order valence-corrected chi connectivity index (χ1v) is 4.93. The Kier molecular flexibility index (Phi) is 3.47. The van der Waals surface area contributed by atoms with Gasteiger partial charge < -0.3 is 0 Å². The lowest BCUT2D eigenvalue weighted by Gasteiger charge is -2.21. The predicted octanol–water partition coefficient (Wildman–Crippen LogP) is 3.27. The first-order chi connectivity index (χ1) is 6.09. The number of hydrogen-bond donors (Lipinski definition) is 0. The zero-order valence-electron chi connectivity index (χ0n) is 8.76. The molecule has 0 aromatic carbocycles. The largest absolute Gasteiger partial charge is 0.295 e. The van der Waals surface area contributed by atoms with E-state index in [1.54, 1.807) is 13.0 Å². The zero-order valence-corrected chi connectivity index (χ0v) is 8.76. The van der Waals surface area contributed by atoms with E-state index in [1.807, 2.05) is 0 Å². The maximum absolute atomic E-state index is 10.7. The summed E-state index contributed by atoms with van der Waals surface area (Å²) in [4.78, 5) is 10.7. The second-order valence-electron chi connectivity index (χ2n) is 4.03. The molecule has 1 unspecified atom stereocenters. The molecule has 0 aromatic rings. The number of carbonyl (C=O) groups excluding carboxylic acids is 1. The van der Waals surface area contributed by atoms with E-state index < -0.39 is 0 Å². The van der Waals surface area contributed by atoms with Gasteiger partial charge in [-0.1, -0.05) is 17.2 Å². The van der Waals surface area contributed by atoms with E-state index in [1.165, 1.54) is 24.0 Å². The highest BCUT2D eigenvalue weighted by atomic mass is 16.1. The summed E-state index contributed by atoms with van der Waals surface area (Å²) in [7, 11) is 0. The molecule has 1 aliphatic rings. The van der Waals surface area contributed by atoms with E-state index in [9.17, 15) is 4.79 Å². The zero-order chi connectivity index (χ0) is 9.84. The van der Waals surface area contributed by atoms with Gasteiger partial charge >= 0.3 is 0 Å². The summed E-state index contributed by atoms with van der Waals surface area (Å²) in [5.41, 5.74) is 3.04. The van der Waals surface area contributed by atoms with Gasteiger partial charge in [0, 0.05) is 0 Å². The minimum Gasteiger partial charge on any atom is -0.295 e. The molecule has 0 fully saturated rings. The Morgan fingerprint density at radius 2 is 2.08 bits per heavy atom. The lowest BCUT2D eigenvalue weighted by Crippen LogP contribution is -2.06. The molecule has 1 atom stereocenters. The first-order valence-electron chi connectivity index (χ1n) is 4.93. The fourth-order valence-corrected chi connectivity index (χ4v) is 1.72. The minimum absolute atomic E-state index is 0.156. The Labute approximate surface area is 80.5 Å². The van der Waals surface area contributed by atoms with Crippen LogP contribution in [0.25, 0.3) is 0 Å². The van der Waals surface area contributed by atoms with Gasteiger partial charge in [0.15, 0.2) is 5.78 Å². The summed E-state index contributed by atoms with van der Waals surface area (Å²) < 4.78 is 0. The molecule has 0 aromatic heterocycles. The molecule has 1 aliphatic carbocycles. The van der Waals surface area contributed by atoms with Crippen LogP contribution >= 0.6 is 0 Å². The predicted molar refractivity (Wildman–Crippen MR) is 55.5 cm³/mol. The molecule has 0 amide bonds. The van der Waals surface area contributed by atoms with Gasteiger partial charge in [-0.2, -0.15) is 0 Å². The molecule has 1 nitrogen and oxygen atoms in total. The molecule has 0 bridgehead atoms. The van der Waals surface area contributed by atoms with E-state index >= 15 is 0 Å². The van der Waals surface area contributed by atoms with Gasteiger partial charge in [0.25, 0.3) is 0 Å². The van der Waals surface area contributed by atoms with Crippen molar-refractivity contribution >= 4 is 5.78 Å². The number of allylic oxidation sites excluding steroid dienone is 4. The highest BCUT2D eigenvalue weighted by Gasteiger charge is 2.13. The second-order valence-corrected chi connectivity index (χ2v) is 4.03. The standard InChI is InChI=1S/C12H18O/c1-9-4-6-12(8-10(9)2)7-5-11(3)13/h5,7,12H,4,6,8H2,1-3H3/b7-5+. The maximum atomic E-state index is 10.7. The van der Waals surface area contributed by atoms with Crippen molar-refractivity contribution in [2.24, 2.45) is 5.92 Å². The average molecular weight is 178 g/mol. The molecule has 0 saturated heterocycles. The third-order valence-corrected chi connectivity index (χ3v) is 2.79. The maximum Gasteiger partial charge on any atom is 0.152 e. The van der Waals surface area contributed by atoms with E-state index in [-0.39, 0.29) is 5.78 Å². The third-order valence-electron chi connectivity index (χ3n) is 2.79. The quantitative estimate of drug-likeness (QED) is 0.468. The van der Waals surface area contributed by atoms with E-state index in [2.05, 4.69) is 19.9 Å². The van der Waals surface area contributed by atoms with Crippen molar-refractivity contribution in [1.29, 1.82) is 0 Å².